The summed E-state index contributed by atoms with van der Waals surface area (Å²) in [6, 6.07) is 8.35. The summed E-state index contributed by atoms with van der Waals surface area (Å²) >= 11 is 0. The van der Waals surface area contributed by atoms with E-state index < -0.39 is 10.0 Å². The molecule has 1 saturated heterocycles. The smallest absolute Gasteiger partial charge is 0.240 e. The Balaban J connectivity index is 1.94. The van der Waals surface area contributed by atoms with E-state index >= 15 is 0 Å². The second-order valence-electron chi connectivity index (χ2n) is 5.42. The molecule has 2 rings (SSSR count). The number of hydrogen-bond donors (Lipinski definition) is 1. The number of carbonyl (C=O) groups excluding carboxylic acids is 1. The van der Waals surface area contributed by atoms with Crippen molar-refractivity contribution in [2.45, 2.75) is 37.1 Å². The fourth-order valence-corrected chi connectivity index (χ4v) is 3.74. The summed E-state index contributed by atoms with van der Waals surface area (Å²) in [5.41, 5.74) is 1.00. The van der Waals surface area contributed by atoms with Gasteiger partial charge in [-0.2, -0.15) is 5.26 Å². The Bertz CT molecular complexity index is 669. The van der Waals surface area contributed by atoms with Crippen LogP contribution in [-0.4, -0.2) is 38.4 Å². The molecular weight excluding hydrogens is 302 g/mol. The van der Waals surface area contributed by atoms with Gasteiger partial charge in [0.1, 0.15) is 6.42 Å². The van der Waals surface area contributed by atoms with Crippen molar-refractivity contribution in [1.82, 2.24) is 9.62 Å². The van der Waals surface area contributed by atoms with Gasteiger partial charge in [0.05, 0.1) is 11.0 Å². The first-order valence-corrected chi connectivity index (χ1v) is 8.64. The molecule has 0 radical (unpaired) electrons. The van der Waals surface area contributed by atoms with Crippen LogP contribution in [0.3, 0.4) is 0 Å². The molecule has 1 aliphatic rings. The second-order valence-corrected chi connectivity index (χ2v) is 7.14. The van der Waals surface area contributed by atoms with E-state index in [9.17, 15) is 13.2 Å². The molecule has 1 amide bonds. The van der Waals surface area contributed by atoms with Crippen molar-refractivity contribution in [3.8, 4) is 6.07 Å². The highest BCUT2D eigenvalue weighted by molar-refractivity contribution is 7.89. The molecule has 1 aromatic carbocycles. The number of nitriles is 1. The van der Waals surface area contributed by atoms with Crippen LogP contribution in [0.4, 0.5) is 0 Å². The minimum Gasteiger partial charge on any atom is -0.342 e. The average Bonchev–Trinajstić information content (AvgIpc) is 2.48. The van der Waals surface area contributed by atoms with Crippen molar-refractivity contribution in [3.05, 3.63) is 29.8 Å². The predicted molar refractivity (Wildman–Crippen MR) is 81.3 cm³/mol. The highest BCUT2D eigenvalue weighted by atomic mass is 32.2. The third-order valence-electron chi connectivity index (χ3n) is 3.73. The van der Waals surface area contributed by atoms with Gasteiger partial charge in [-0.1, -0.05) is 17.7 Å². The van der Waals surface area contributed by atoms with Gasteiger partial charge in [0, 0.05) is 19.1 Å². The molecule has 1 aliphatic heterocycles. The van der Waals surface area contributed by atoms with Gasteiger partial charge in [-0.15, -0.1) is 0 Å². The molecular formula is C15H19N3O3S. The summed E-state index contributed by atoms with van der Waals surface area (Å²) in [7, 11) is -3.53. The Kier molecular flexibility index (Phi) is 5.16. The van der Waals surface area contributed by atoms with Crippen LogP contribution >= 0.6 is 0 Å². The number of nitrogens with one attached hydrogen (secondary N) is 1. The molecule has 1 aromatic rings. The minimum absolute atomic E-state index is 0.125. The monoisotopic (exact) mass is 321 g/mol. The van der Waals surface area contributed by atoms with E-state index in [1.807, 2.05) is 13.0 Å². The van der Waals surface area contributed by atoms with Crippen LogP contribution in [-0.2, 0) is 14.8 Å². The van der Waals surface area contributed by atoms with E-state index in [1.54, 1.807) is 29.2 Å². The van der Waals surface area contributed by atoms with Crippen LogP contribution in [0.1, 0.15) is 24.8 Å². The van der Waals surface area contributed by atoms with Crippen LogP contribution in [0.5, 0.6) is 0 Å². The standard InChI is InChI=1S/C15H19N3O3S/c1-12-2-4-14(5-3-12)22(20,21)17-13-7-10-18(11-8-13)15(19)6-9-16/h2-5,13,17H,6-8,10-11H2,1H3. The summed E-state index contributed by atoms with van der Waals surface area (Å²) in [6.07, 6.45) is 0.990. The summed E-state index contributed by atoms with van der Waals surface area (Å²) in [4.78, 5) is 13.5. The van der Waals surface area contributed by atoms with Crippen molar-refractivity contribution in [1.29, 1.82) is 5.26 Å². The first-order valence-electron chi connectivity index (χ1n) is 7.16. The summed E-state index contributed by atoms with van der Waals surface area (Å²) in [6.45, 7) is 2.85. The average molecular weight is 321 g/mol. The summed E-state index contributed by atoms with van der Waals surface area (Å²) in [5.74, 6) is -0.192. The van der Waals surface area contributed by atoms with Crippen molar-refractivity contribution in [2.75, 3.05) is 13.1 Å². The molecule has 0 spiro atoms. The number of aryl methyl sites for hydroxylation is 1. The molecule has 0 aromatic heterocycles. The van der Waals surface area contributed by atoms with Crippen molar-refractivity contribution >= 4 is 15.9 Å². The van der Waals surface area contributed by atoms with Crippen LogP contribution in [0.15, 0.2) is 29.2 Å². The van der Waals surface area contributed by atoms with E-state index in [1.165, 1.54) is 0 Å². The van der Waals surface area contributed by atoms with Crippen molar-refractivity contribution in [3.63, 3.8) is 0 Å². The van der Waals surface area contributed by atoms with Crippen LogP contribution in [0.25, 0.3) is 0 Å². The molecule has 22 heavy (non-hydrogen) atoms. The molecule has 1 heterocycles. The Morgan fingerprint density at radius 3 is 2.45 bits per heavy atom. The van der Waals surface area contributed by atoms with E-state index in [-0.39, 0.29) is 23.3 Å². The number of sulfonamides is 1. The lowest BCUT2D eigenvalue weighted by Gasteiger charge is -2.31. The lowest BCUT2D eigenvalue weighted by molar-refractivity contribution is -0.131. The van der Waals surface area contributed by atoms with Crippen LogP contribution in [0, 0.1) is 18.3 Å². The second kappa shape index (κ2) is 6.90. The SMILES string of the molecule is Cc1ccc(S(=O)(=O)NC2CCN(C(=O)CC#N)CC2)cc1. The Morgan fingerprint density at radius 2 is 1.91 bits per heavy atom. The molecule has 0 aliphatic carbocycles. The lowest BCUT2D eigenvalue weighted by Crippen LogP contribution is -2.46. The van der Waals surface area contributed by atoms with Gasteiger partial charge in [-0.3, -0.25) is 4.79 Å². The number of benzene rings is 1. The Hall–Kier alpha value is -1.91. The fraction of sp³-hybridized carbons (Fsp3) is 0.467. The highest BCUT2D eigenvalue weighted by Crippen LogP contribution is 2.16. The zero-order valence-electron chi connectivity index (χ0n) is 12.4. The van der Waals surface area contributed by atoms with Crippen LogP contribution in [0.2, 0.25) is 0 Å². The van der Waals surface area contributed by atoms with Gasteiger partial charge in [0.25, 0.3) is 0 Å². The zero-order valence-corrected chi connectivity index (χ0v) is 13.3. The number of likely N-dealkylation sites (tertiary alicyclic amines) is 1. The quantitative estimate of drug-likeness (QED) is 0.901. The molecule has 1 fully saturated rings. The lowest BCUT2D eigenvalue weighted by atomic mass is 10.1. The number of amides is 1. The van der Waals surface area contributed by atoms with Crippen LogP contribution < -0.4 is 4.72 Å². The number of carbonyl (C=O) groups is 1. The first kappa shape index (κ1) is 16.5. The predicted octanol–water partition coefficient (Wildman–Crippen LogP) is 1.18. The summed E-state index contributed by atoms with van der Waals surface area (Å²) in [5, 5.41) is 8.53. The first-order chi connectivity index (χ1) is 10.4. The van der Waals surface area contributed by atoms with Gasteiger partial charge < -0.3 is 4.90 Å². The molecule has 6 nitrogen and oxygen atoms in total. The number of nitrogens with zero attached hydrogens (tertiary/aromatic N) is 2. The molecule has 7 heteroatoms. The van der Waals surface area contributed by atoms with Crippen molar-refractivity contribution < 1.29 is 13.2 Å². The van der Waals surface area contributed by atoms with E-state index in [0.717, 1.165) is 5.56 Å². The largest absolute Gasteiger partial charge is 0.342 e. The van der Waals surface area contributed by atoms with E-state index in [4.69, 9.17) is 5.26 Å². The topological polar surface area (TPSA) is 90.3 Å². The molecule has 0 saturated carbocycles. The third kappa shape index (κ3) is 4.06. The fourth-order valence-electron chi connectivity index (χ4n) is 2.43. The number of piperidine rings is 1. The van der Waals surface area contributed by atoms with E-state index in [0.29, 0.717) is 25.9 Å². The molecule has 0 atom stereocenters. The van der Waals surface area contributed by atoms with Gasteiger partial charge in [0.15, 0.2) is 0 Å². The van der Waals surface area contributed by atoms with Gasteiger partial charge in [0.2, 0.25) is 15.9 Å². The minimum atomic E-state index is -3.53. The Morgan fingerprint density at radius 1 is 1.32 bits per heavy atom. The molecule has 0 bridgehead atoms. The maximum absolute atomic E-state index is 12.3. The van der Waals surface area contributed by atoms with Gasteiger partial charge in [-0.05, 0) is 31.9 Å². The summed E-state index contributed by atoms with van der Waals surface area (Å²) < 4.78 is 27.3. The number of hydrogen-bond acceptors (Lipinski definition) is 4. The van der Waals surface area contributed by atoms with Crippen molar-refractivity contribution in [2.24, 2.45) is 0 Å². The zero-order chi connectivity index (χ0) is 16.2. The maximum Gasteiger partial charge on any atom is 0.240 e. The molecule has 0 unspecified atom stereocenters. The normalized spacial score (nSPS) is 16.3. The van der Waals surface area contributed by atoms with Gasteiger partial charge >= 0.3 is 0 Å². The molecule has 118 valence electrons. The Labute approximate surface area is 130 Å². The third-order valence-corrected chi connectivity index (χ3v) is 5.27. The maximum atomic E-state index is 12.3. The van der Waals surface area contributed by atoms with E-state index in [2.05, 4.69) is 4.72 Å². The van der Waals surface area contributed by atoms with Gasteiger partial charge in [-0.25, -0.2) is 13.1 Å². The highest BCUT2D eigenvalue weighted by Gasteiger charge is 2.26. The number of rotatable bonds is 4. The molecule has 1 N–H and O–H groups in total.